The van der Waals surface area contributed by atoms with E-state index in [-0.39, 0.29) is 5.91 Å². The number of methoxy groups -OCH3 is 1. The van der Waals surface area contributed by atoms with E-state index in [9.17, 15) is 13.2 Å². The van der Waals surface area contributed by atoms with Gasteiger partial charge in [0.25, 0.3) is 15.9 Å². The van der Waals surface area contributed by atoms with Crippen LogP contribution in [0, 0.1) is 0 Å². The van der Waals surface area contributed by atoms with E-state index in [0.717, 1.165) is 23.3 Å². The Labute approximate surface area is 180 Å². The number of carbonyl (C=O) groups is 1. The maximum atomic E-state index is 12.7. The number of hydrogen-bond donors (Lipinski definition) is 1. The van der Waals surface area contributed by atoms with E-state index < -0.39 is 10.0 Å². The molecule has 0 bridgehead atoms. The summed E-state index contributed by atoms with van der Waals surface area (Å²) in [4.78, 5) is 13.4. The number of benzene rings is 2. The SMILES string of the molecule is COc1cccc(NC(=O)c2ccc(-c3ccc(S(=O)(=O)N4CCCC4)s3)cc2)c1. The van der Waals surface area contributed by atoms with E-state index in [2.05, 4.69) is 5.32 Å². The van der Waals surface area contributed by atoms with Crippen LogP contribution in [0.3, 0.4) is 0 Å². The van der Waals surface area contributed by atoms with Gasteiger partial charge in [0.05, 0.1) is 7.11 Å². The first kappa shape index (κ1) is 20.6. The average molecular weight is 443 g/mol. The molecular formula is C22H22N2O4S2. The van der Waals surface area contributed by atoms with Gasteiger partial charge in [-0.3, -0.25) is 4.79 Å². The Balaban J connectivity index is 1.48. The smallest absolute Gasteiger partial charge is 0.255 e. The van der Waals surface area contributed by atoms with Gasteiger partial charge in [-0.25, -0.2) is 8.42 Å². The number of nitrogens with one attached hydrogen (secondary N) is 1. The normalized spacial score (nSPS) is 14.6. The summed E-state index contributed by atoms with van der Waals surface area (Å²) in [5.74, 6) is 0.443. The molecule has 0 saturated carbocycles. The summed E-state index contributed by atoms with van der Waals surface area (Å²) >= 11 is 1.26. The number of sulfonamides is 1. The fourth-order valence-corrected chi connectivity index (χ4v) is 6.34. The van der Waals surface area contributed by atoms with Crippen LogP contribution >= 0.6 is 11.3 Å². The molecule has 3 aromatic rings. The van der Waals surface area contributed by atoms with Gasteiger partial charge < -0.3 is 10.1 Å². The molecule has 6 nitrogen and oxygen atoms in total. The topological polar surface area (TPSA) is 75.7 Å². The van der Waals surface area contributed by atoms with Crippen molar-refractivity contribution in [2.45, 2.75) is 17.1 Å². The molecule has 2 aromatic carbocycles. The lowest BCUT2D eigenvalue weighted by atomic mass is 10.1. The number of ether oxygens (including phenoxy) is 1. The van der Waals surface area contributed by atoms with Crippen molar-refractivity contribution in [1.29, 1.82) is 0 Å². The quantitative estimate of drug-likeness (QED) is 0.612. The maximum Gasteiger partial charge on any atom is 0.255 e. The minimum atomic E-state index is -3.41. The van der Waals surface area contributed by atoms with Crippen molar-refractivity contribution in [3.05, 3.63) is 66.2 Å². The van der Waals surface area contributed by atoms with Crippen molar-refractivity contribution in [3.63, 3.8) is 0 Å². The molecule has 156 valence electrons. The number of nitrogens with zero attached hydrogens (tertiary/aromatic N) is 1. The molecule has 8 heteroatoms. The highest BCUT2D eigenvalue weighted by Gasteiger charge is 2.28. The predicted octanol–water partition coefficient (Wildman–Crippen LogP) is 4.46. The zero-order valence-electron chi connectivity index (χ0n) is 16.5. The monoisotopic (exact) mass is 442 g/mol. The molecule has 1 amide bonds. The summed E-state index contributed by atoms with van der Waals surface area (Å²) in [6, 6.07) is 17.8. The van der Waals surface area contributed by atoms with E-state index >= 15 is 0 Å². The third kappa shape index (κ3) is 4.26. The summed E-state index contributed by atoms with van der Waals surface area (Å²) < 4.78 is 32.5. The largest absolute Gasteiger partial charge is 0.497 e. The lowest BCUT2D eigenvalue weighted by molar-refractivity contribution is 0.102. The predicted molar refractivity (Wildman–Crippen MR) is 119 cm³/mol. The van der Waals surface area contributed by atoms with Crippen LogP contribution in [0.2, 0.25) is 0 Å². The molecule has 1 aliphatic heterocycles. The minimum absolute atomic E-state index is 0.224. The first-order valence-corrected chi connectivity index (χ1v) is 11.9. The summed E-state index contributed by atoms with van der Waals surface area (Å²) in [5, 5.41) is 2.85. The zero-order valence-corrected chi connectivity index (χ0v) is 18.1. The first-order valence-electron chi connectivity index (χ1n) is 9.63. The molecule has 0 atom stereocenters. The molecule has 1 fully saturated rings. The van der Waals surface area contributed by atoms with Gasteiger partial charge in [0.2, 0.25) is 0 Å². The second-order valence-corrected chi connectivity index (χ2v) is 10.2. The molecule has 2 heterocycles. The van der Waals surface area contributed by atoms with Gasteiger partial charge in [-0.05, 0) is 54.8 Å². The molecule has 1 aliphatic rings. The fraction of sp³-hybridized carbons (Fsp3) is 0.227. The van der Waals surface area contributed by atoms with Crippen LogP contribution in [0.1, 0.15) is 23.2 Å². The summed E-state index contributed by atoms with van der Waals surface area (Å²) in [6.45, 7) is 1.18. The number of amides is 1. The van der Waals surface area contributed by atoms with Crippen LogP contribution in [-0.2, 0) is 10.0 Å². The molecule has 1 N–H and O–H groups in total. The number of hydrogen-bond acceptors (Lipinski definition) is 5. The van der Waals surface area contributed by atoms with E-state index in [4.69, 9.17) is 4.74 Å². The molecule has 0 radical (unpaired) electrons. The Morgan fingerprint density at radius 2 is 1.77 bits per heavy atom. The third-order valence-electron chi connectivity index (χ3n) is 5.00. The van der Waals surface area contributed by atoms with Crippen LogP contribution in [0.15, 0.2) is 64.9 Å². The fourth-order valence-electron chi connectivity index (χ4n) is 3.36. The standard InChI is InChI=1S/C22H22N2O4S2/c1-28-19-6-4-5-18(15-19)23-22(25)17-9-7-16(8-10-17)20-11-12-21(29-20)30(26,27)24-13-2-3-14-24/h4-12,15H,2-3,13-14H2,1H3,(H,23,25). The maximum absolute atomic E-state index is 12.7. The number of rotatable bonds is 6. The van der Waals surface area contributed by atoms with Crippen molar-refractivity contribution < 1.29 is 17.9 Å². The van der Waals surface area contributed by atoms with Gasteiger partial charge in [0.1, 0.15) is 9.96 Å². The van der Waals surface area contributed by atoms with Crippen LogP contribution in [0.25, 0.3) is 10.4 Å². The Kier molecular flexibility index (Phi) is 5.90. The van der Waals surface area contributed by atoms with Gasteiger partial charge in [-0.15, -0.1) is 11.3 Å². The molecule has 0 spiro atoms. The number of thiophene rings is 1. The van der Waals surface area contributed by atoms with Crippen LogP contribution in [0.4, 0.5) is 5.69 Å². The van der Waals surface area contributed by atoms with Gasteiger partial charge in [0, 0.05) is 35.3 Å². The number of anilines is 1. The Bertz CT molecular complexity index is 1150. The molecule has 1 aromatic heterocycles. The molecule has 4 rings (SSSR count). The van der Waals surface area contributed by atoms with Crippen molar-refractivity contribution in [2.75, 3.05) is 25.5 Å². The highest BCUT2D eigenvalue weighted by molar-refractivity contribution is 7.91. The molecule has 0 aliphatic carbocycles. The van der Waals surface area contributed by atoms with Crippen molar-refractivity contribution >= 4 is 33.0 Å². The first-order chi connectivity index (χ1) is 14.5. The van der Waals surface area contributed by atoms with Crippen LogP contribution < -0.4 is 10.1 Å². The van der Waals surface area contributed by atoms with E-state index in [1.54, 1.807) is 41.7 Å². The Morgan fingerprint density at radius 3 is 2.47 bits per heavy atom. The average Bonchev–Trinajstić information content (AvgIpc) is 3.47. The lowest BCUT2D eigenvalue weighted by Crippen LogP contribution is -2.27. The minimum Gasteiger partial charge on any atom is -0.497 e. The van der Waals surface area contributed by atoms with Gasteiger partial charge in [-0.2, -0.15) is 4.31 Å². The molecular weight excluding hydrogens is 420 g/mol. The highest BCUT2D eigenvalue weighted by Crippen LogP contribution is 2.33. The van der Waals surface area contributed by atoms with Crippen molar-refractivity contribution in [2.24, 2.45) is 0 Å². The molecule has 1 saturated heterocycles. The lowest BCUT2D eigenvalue weighted by Gasteiger charge is -2.13. The van der Waals surface area contributed by atoms with Crippen molar-refractivity contribution in [3.8, 4) is 16.2 Å². The zero-order chi connectivity index (χ0) is 21.1. The van der Waals surface area contributed by atoms with Gasteiger partial charge >= 0.3 is 0 Å². The summed E-state index contributed by atoms with van der Waals surface area (Å²) in [6.07, 6.45) is 1.83. The second-order valence-electron chi connectivity index (χ2n) is 6.99. The Hall–Kier alpha value is -2.68. The van der Waals surface area contributed by atoms with E-state index in [0.29, 0.717) is 34.3 Å². The second kappa shape index (κ2) is 8.59. The van der Waals surface area contributed by atoms with Crippen LogP contribution in [-0.4, -0.2) is 38.8 Å². The highest BCUT2D eigenvalue weighted by atomic mass is 32.2. The van der Waals surface area contributed by atoms with Gasteiger partial charge in [-0.1, -0.05) is 18.2 Å². The molecule has 0 unspecified atom stereocenters. The van der Waals surface area contributed by atoms with E-state index in [1.165, 1.54) is 11.3 Å². The summed E-state index contributed by atoms with van der Waals surface area (Å²) in [5.41, 5.74) is 2.04. The number of carbonyl (C=O) groups excluding carboxylic acids is 1. The van der Waals surface area contributed by atoms with Gasteiger partial charge in [0.15, 0.2) is 0 Å². The third-order valence-corrected chi connectivity index (χ3v) is 8.50. The summed E-state index contributed by atoms with van der Waals surface area (Å²) in [7, 11) is -1.83. The Morgan fingerprint density at radius 1 is 1.03 bits per heavy atom. The molecule has 30 heavy (non-hydrogen) atoms. The van der Waals surface area contributed by atoms with Crippen LogP contribution in [0.5, 0.6) is 5.75 Å². The van der Waals surface area contributed by atoms with E-state index in [1.807, 2.05) is 30.3 Å². The van der Waals surface area contributed by atoms with Crippen molar-refractivity contribution in [1.82, 2.24) is 4.31 Å².